The van der Waals surface area contributed by atoms with Crippen LogP contribution >= 0.6 is 0 Å². The molecular formula is C20H20O5. The van der Waals surface area contributed by atoms with Gasteiger partial charge in [-0.2, -0.15) is 0 Å². The van der Waals surface area contributed by atoms with E-state index in [4.69, 9.17) is 18.9 Å². The number of rotatable bonds is 4. The van der Waals surface area contributed by atoms with E-state index in [1.165, 1.54) is 0 Å². The van der Waals surface area contributed by atoms with Crippen LogP contribution in [-0.2, 0) is 12.8 Å². The normalized spacial score (nSPS) is 18.0. The van der Waals surface area contributed by atoms with Crippen molar-refractivity contribution < 1.29 is 23.7 Å². The number of carbonyl (C=O) groups is 1. The number of ether oxygens (including phenoxy) is 4. The lowest BCUT2D eigenvalue weighted by Crippen LogP contribution is -2.24. The van der Waals surface area contributed by atoms with Gasteiger partial charge in [-0.15, -0.1) is 0 Å². The molecule has 0 saturated heterocycles. The van der Waals surface area contributed by atoms with Crippen molar-refractivity contribution in [2.24, 2.45) is 5.92 Å². The molecule has 130 valence electrons. The molecule has 2 aromatic rings. The van der Waals surface area contributed by atoms with E-state index in [1.54, 1.807) is 14.2 Å². The summed E-state index contributed by atoms with van der Waals surface area (Å²) in [5, 5.41) is 0. The van der Waals surface area contributed by atoms with Crippen molar-refractivity contribution in [2.45, 2.75) is 19.3 Å². The zero-order valence-electron chi connectivity index (χ0n) is 14.3. The molecule has 1 aliphatic carbocycles. The van der Waals surface area contributed by atoms with Crippen molar-refractivity contribution in [2.75, 3.05) is 21.0 Å². The van der Waals surface area contributed by atoms with Crippen LogP contribution in [0.15, 0.2) is 30.3 Å². The number of hydrogen-bond acceptors (Lipinski definition) is 5. The van der Waals surface area contributed by atoms with Crippen LogP contribution in [0.1, 0.15) is 27.9 Å². The monoisotopic (exact) mass is 340 g/mol. The quantitative estimate of drug-likeness (QED) is 0.854. The molecule has 1 unspecified atom stereocenters. The third-order valence-electron chi connectivity index (χ3n) is 4.93. The van der Waals surface area contributed by atoms with Gasteiger partial charge in [0, 0.05) is 11.5 Å². The SMILES string of the molecule is COc1cc2c(cc1OC)C(=O)C(Cc1ccc3c(c1)OCO3)CC2. The molecule has 1 heterocycles. The molecule has 5 heteroatoms. The molecule has 0 aromatic heterocycles. The van der Waals surface area contributed by atoms with Gasteiger partial charge in [0.25, 0.3) is 0 Å². The lowest BCUT2D eigenvalue weighted by Gasteiger charge is -2.24. The molecule has 0 N–H and O–H groups in total. The number of benzene rings is 2. The lowest BCUT2D eigenvalue weighted by molar-refractivity contribution is 0.0900. The molecule has 2 aromatic carbocycles. The minimum Gasteiger partial charge on any atom is -0.493 e. The van der Waals surface area contributed by atoms with Gasteiger partial charge >= 0.3 is 0 Å². The highest BCUT2D eigenvalue weighted by Gasteiger charge is 2.29. The third-order valence-corrected chi connectivity index (χ3v) is 4.93. The average molecular weight is 340 g/mol. The number of hydrogen-bond donors (Lipinski definition) is 0. The summed E-state index contributed by atoms with van der Waals surface area (Å²) < 4.78 is 21.5. The zero-order chi connectivity index (χ0) is 17.4. The predicted molar refractivity (Wildman–Crippen MR) is 92.0 cm³/mol. The minimum atomic E-state index is -0.0361. The number of Topliss-reactive ketones (excluding diaryl/α,β-unsaturated/α-hetero) is 1. The van der Waals surface area contributed by atoms with Crippen LogP contribution in [0, 0.1) is 5.92 Å². The van der Waals surface area contributed by atoms with Gasteiger partial charge in [-0.3, -0.25) is 4.79 Å². The fraction of sp³-hybridized carbons (Fsp3) is 0.350. The summed E-state index contributed by atoms with van der Waals surface area (Å²) in [6.07, 6.45) is 2.38. The maximum Gasteiger partial charge on any atom is 0.231 e. The van der Waals surface area contributed by atoms with Crippen LogP contribution < -0.4 is 18.9 Å². The molecule has 1 aliphatic heterocycles. The Bertz CT molecular complexity index is 827. The van der Waals surface area contributed by atoms with Crippen LogP contribution in [0.25, 0.3) is 0 Å². The largest absolute Gasteiger partial charge is 0.493 e. The van der Waals surface area contributed by atoms with E-state index in [-0.39, 0.29) is 18.5 Å². The molecule has 0 amide bonds. The number of aryl methyl sites for hydroxylation is 1. The van der Waals surface area contributed by atoms with Gasteiger partial charge in [0.05, 0.1) is 14.2 Å². The topological polar surface area (TPSA) is 54.0 Å². The van der Waals surface area contributed by atoms with Gasteiger partial charge in [0.2, 0.25) is 6.79 Å². The molecule has 1 atom stereocenters. The Kier molecular flexibility index (Phi) is 3.99. The van der Waals surface area contributed by atoms with Gasteiger partial charge < -0.3 is 18.9 Å². The van der Waals surface area contributed by atoms with E-state index in [0.717, 1.165) is 41.0 Å². The maximum atomic E-state index is 13.0. The summed E-state index contributed by atoms with van der Waals surface area (Å²) in [6.45, 7) is 0.260. The zero-order valence-corrected chi connectivity index (χ0v) is 14.3. The Labute approximate surface area is 146 Å². The fourth-order valence-electron chi connectivity index (χ4n) is 3.59. The number of methoxy groups -OCH3 is 2. The highest BCUT2D eigenvalue weighted by molar-refractivity contribution is 6.01. The Morgan fingerprint density at radius 1 is 1.04 bits per heavy atom. The average Bonchev–Trinajstić information content (AvgIpc) is 3.11. The highest BCUT2D eigenvalue weighted by atomic mass is 16.7. The van der Waals surface area contributed by atoms with Crippen LogP contribution in [0.2, 0.25) is 0 Å². The first kappa shape index (κ1) is 15.8. The predicted octanol–water partition coefficient (Wildman–Crippen LogP) is 3.42. The maximum absolute atomic E-state index is 13.0. The molecule has 0 spiro atoms. The van der Waals surface area contributed by atoms with E-state index < -0.39 is 0 Å². The van der Waals surface area contributed by atoms with Crippen molar-refractivity contribution in [3.05, 3.63) is 47.0 Å². The summed E-state index contributed by atoms with van der Waals surface area (Å²) in [4.78, 5) is 13.0. The first-order chi connectivity index (χ1) is 12.2. The molecule has 0 radical (unpaired) electrons. The Balaban J connectivity index is 1.59. The lowest BCUT2D eigenvalue weighted by atomic mass is 9.79. The standard InChI is InChI=1S/C20H20O5/c1-22-17-9-13-4-5-14(20(21)15(13)10-18(17)23-2)7-12-3-6-16-19(8-12)25-11-24-16/h3,6,8-10,14H,4-5,7,11H2,1-2H3. The first-order valence-electron chi connectivity index (χ1n) is 8.37. The van der Waals surface area contributed by atoms with E-state index in [2.05, 4.69) is 0 Å². The molecular weight excluding hydrogens is 320 g/mol. The van der Waals surface area contributed by atoms with E-state index in [1.807, 2.05) is 30.3 Å². The summed E-state index contributed by atoms with van der Waals surface area (Å²) in [5.41, 5.74) is 2.87. The Morgan fingerprint density at radius 2 is 1.80 bits per heavy atom. The summed E-state index contributed by atoms with van der Waals surface area (Å²) in [5.74, 6) is 2.92. The smallest absolute Gasteiger partial charge is 0.231 e. The Morgan fingerprint density at radius 3 is 2.60 bits per heavy atom. The summed E-state index contributed by atoms with van der Waals surface area (Å²) in [6, 6.07) is 9.61. The molecule has 0 saturated carbocycles. The summed E-state index contributed by atoms with van der Waals surface area (Å²) in [7, 11) is 3.19. The molecule has 25 heavy (non-hydrogen) atoms. The van der Waals surface area contributed by atoms with Crippen molar-refractivity contribution in [3.63, 3.8) is 0 Å². The second-order valence-electron chi connectivity index (χ2n) is 6.36. The van der Waals surface area contributed by atoms with Crippen molar-refractivity contribution in [3.8, 4) is 23.0 Å². The number of fused-ring (bicyclic) bond motifs is 2. The van der Waals surface area contributed by atoms with Crippen molar-refractivity contribution in [1.82, 2.24) is 0 Å². The summed E-state index contributed by atoms with van der Waals surface area (Å²) >= 11 is 0. The van der Waals surface area contributed by atoms with Crippen LogP contribution in [0.5, 0.6) is 23.0 Å². The molecule has 5 nitrogen and oxygen atoms in total. The number of carbonyl (C=O) groups excluding carboxylic acids is 1. The molecule has 0 fully saturated rings. The molecule has 4 rings (SSSR count). The minimum absolute atomic E-state index is 0.0361. The fourth-order valence-corrected chi connectivity index (χ4v) is 3.59. The molecule has 0 bridgehead atoms. The van der Waals surface area contributed by atoms with Crippen LogP contribution in [0.4, 0.5) is 0 Å². The second kappa shape index (κ2) is 6.31. The first-order valence-corrected chi connectivity index (χ1v) is 8.37. The highest BCUT2D eigenvalue weighted by Crippen LogP contribution is 2.38. The van der Waals surface area contributed by atoms with Crippen molar-refractivity contribution in [1.29, 1.82) is 0 Å². The molecule has 2 aliphatic rings. The van der Waals surface area contributed by atoms with E-state index in [9.17, 15) is 4.79 Å². The van der Waals surface area contributed by atoms with Crippen LogP contribution in [-0.4, -0.2) is 26.8 Å². The van der Waals surface area contributed by atoms with Gasteiger partial charge in [-0.05, 0) is 54.7 Å². The van der Waals surface area contributed by atoms with Gasteiger partial charge in [-0.25, -0.2) is 0 Å². The number of ketones is 1. The van der Waals surface area contributed by atoms with Crippen molar-refractivity contribution >= 4 is 5.78 Å². The van der Waals surface area contributed by atoms with Crippen LogP contribution in [0.3, 0.4) is 0 Å². The van der Waals surface area contributed by atoms with E-state index >= 15 is 0 Å². The van der Waals surface area contributed by atoms with Gasteiger partial charge in [0.15, 0.2) is 28.8 Å². The Hall–Kier alpha value is -2.69. The third kappa shape index (κ3) is 2.80. The van der Waals surface area contributed by atoms with Gasteiger partial charge in [0.1, 0.15) is 0 Å². The van der Waals surface area contributed by atoms with Gasteiger partial charge in [-0.1, -0.05) is 6.07 Å². The van der Waals surface area contributed by atoms with E-state index in [0.29, 0.717) is 17.9 Å². The second-order valence-corrected chi connectivity index (χ2v) is 6.36.